The molecule has 2 aromatic rings. The Morgan fingerprint density at radius 2 is 1.70 bits per heavy atom. The van der Waals surface area contributed by atoms with Gasteiger partial charge >= 0.3 is 0 Å². The summed E-state index contributed by atoms with van der Waals surface area (Å²) in [6.45, 7) is 1.74. The van der Waals surface area contributed by atoms with Crippen LogP contribution >= 0.6 is 0 Å². The number of amides is 1. The van der Waals surface area contributed by atoms with E-state index in [-0.39, 0.29) is 30.5 Å². The largest absolute Gasteiger partial charge is 0.345 e. The summed E-state index contributed by atoms with van der Waals surface area (Å²) in [5, 5.41) is 2.69. The highest BCUT2D eigenvalue weighted by Crippen LogP contribution is 2.04. The molecule has 116 valence electrons. The summed E-state index contributed by atoms with van der Waals surface area (Å²) in [6, 6.07) is 12.8. The van der Waals surface area contributed by atoms with E-state index in [1.165, 1.54) is 19.1 Å². The number of benzene rings is 2. The predicted molar refractivity (Wildman–Crippen MR) is 86.4 cm³/mol. The first-order valence-electron chi connectivity index (χ1n) is 7.15. The second-order valence-corrected chi connectivity index (χ2v) is 5.02. The van der Waals surface area contributed by atoms with Crippen molar-refractivity contribution in [2.24, 2.45) is 0 Å². The van der Waals surface area contributed by atoms with Gasteiger partial charge in [0.25, 0.3) is 0 Å². The molecule has 2 aromatic carbocycles. The molecular formula is C19H16FNO2. The van der Waals surface area contributed by atoms with E-state index in [4.69, 9.17) is 0 Å². The lowest BCUT2D eigenvalue weighted by Gasteiger charge is -2.01. The molecule has 0 aliphatic carbocycles. The van der Waals surface area contributed by atoms with Crippen LogP contribution < -0.4 is 5.32 Å². The molecule has 0 aliphatic rings. The maximum atomic E-state index is 12.8. The van der Waals surface area contributed by atoms with Gasteiger partial charge in [0.15, 0.2) is 5.78 Å². The Morgan fingerprint density at radius 3 is 2.30 bits per heavy atom. The van der Waals surface area contributed by atoms with Crippen LogP contribution in [0.2, 0.25) is 0 Å². The fourth-order valence-electron chi connectivity index (χ4n) is 1.93. The van der Waals surface area contributed by atoms with Crippen molar-refractivity contribution in [3.8, 4) is 11.8 Å². The Balaban J connectivity index is 1.81. The van der Waals surface area contributed by atoms with Gasteiger partial charge in [-0.1, -0.05) is 36.1 Å². The van der Waals surface area contributed by atoms with Crippen molar-refractivity contribution < 1.29 is 14.0 Å². The number of ketones is 1. The number of rotatable bonds is 4. The molecule has 1 N–H and O–H groups in total. The molecule has 0 unspecified atom stereocenters. The third kappa shape index (κ3) is 5.40. The van der Waals surface area contributed by atoms with Crippen molar-refractivity contribution in [3.63, 3.8) is 0 Å². The van der Waals surface area contributed by atoms with Gasteiger partial charge in [-0.15, -0.1) is 0 Å². The second-order valence-electron chi connectivity index (χ2n) is 5.02. The third-order valence-electron chi connectivity index (χ3n) is 3.18. The van der Waals surface area contributed by atoms with Crippen LogP contribution in [0.4, 0.5) is 4.39 Å². The number of nitrogens with one attached hydrogen (secondary N) is 1. The van der Waals surface area contributed by atoms with Crippen molar-refractivity contribution in [1.29, 1.82) is 0 Å². The molecule has 0 saturated heterocycles. The lowest BCUT2D eigenvalue weighted by molar-refractivity contribution is -0.120. The zero-order valence-corrected chi connectivity index (χ0v) is 12.7. The highest BCUT2D eigenvalue weighted by Gasteiger charge is 2.02. The Bertz CT molecular complexity index is 753. The van der Waals surface area contributed by atoms with E-state index >= 15 is 0 Å². The highest BCUT2D eigenvalue weighted by molar-refractivity contribution is 5.94. The normalized spacial score (nSPS) is 9.65. The summed E-state index contributed by atoms with van der Waals surface area (Å²) >= 11 is 0. The Morgan fingerprint density at radius 1 is 1.04 bits per heavy atom. The van der Waals surface area contributed by atoms with E-state index in [1.54, 1.807) is 36.4 Å². The van der Waals surface area contributed by atoms with E-state index in [9.17, 15) is 14.0 Å². The van der Waals surface area contributed by atoms with Gasteiger partial charge in [0.1, 0.15) is 5.82 Å². The van der Waals surface area contributed by atoms with E-state index in [2.05, 4.69) is 17.2 Å². The van der Waals surface area contributed by atoms with Gasteiger partial charge in [-0.2, -0.15) is 0 Å². The van der Waals surface area contributed by atoms with Gasteiger partial charge < -0.3 is 5.32 Å². The van der Waals surface area contributed by atoms with Gasteiger partial charge in [0, 0.05) is 11.1 Å². The molecule has 0 heterocycles. The van der Waals surface area contributed by atoms with E-state index in [1.807, 2.05) is 0 Å². The molecular weight excluding hydrogens is 293 g/mol. The first-order valence-corrected chi connectivity index (χ1v) is 7.15. The van der Waals surface area contributed by atoms with Crippen molar-refractivity contribution in [3.05, 3.63) is 71.0 Å². The zero-order valence-electron chi connectivity index (χ0n) is 12.7. The molecule has 3 nitrogen and oxygen atoms in total. The zero-order chi connectivity index (χ0) is 16.7. The molecule has 0 bridgehead atoms. The van der Waals surface area contributed by atoms with Gasteiger partial charge in [-0.05, 0) is 36.8 Å². The summed E-state index contributed by atoms with van der Waals surface area (Å²) in [5.41, 5.74) is 2.17. The number of carbonyl (C=O) groups excluding carboxylic acids is 2. The van der Waals surface area contributed by atoms with Crippen molar-refractivity contribution in [2.75, 3.05) is 6.54 Å². The summed E-state index contributed by atoms with van der Waals surface area (Å²) in [7, 11) is 0. The minimum absolute atomic E-state index is 0.0116. The SMILES string of the molecule is CC(=O)c1ccc(C#CCNC(=O)Cc2ccc(F)cc2)cc1. The molecule has 0 aromatic heterocycles. The summed E-state index contributed by atoms with van der Waals surface area (Å²) in [6.07, 6.45) is 0.190. The van der Waals surface area contributed by atoms with Gasteiger partial charge in [0.2, 0.25) is 5.91 Å². The summed E-state index contributed by atoms with van der Waals surface area (Å²) < 4.78 is 12.8. The maximum absolute atomic E-state index is 12.8. The molecule has 0 saturated carbocycles. The second kappa shape index (κ2) is 7.90. The Kier molecular flexibility index (Phi) is 5.65. The fourth-order valence-corrected chi connectivity index (χ4v) is 1.93. The van der Waals surface area contributed by atoms with Crippen LogP contribution in [0.1, 0.15) is 28.4 Å². The number of hydrogen-bond acceptors (Lipinski definition) is 2. The molecule has 0 spiro atoms. The number of Topliss-reactive ketones (excluding diaryl/α,β-unsaturated/α-hetero) is 1. The first-order chi connectivity index (χ1) is 11.0. The molecule has 4 heteroatoms. The topological polar surface area (TPSA) is 46.2 Å². The number of halogens is 1. The van der Waals surface area contributed by atoms with Crippen LogP contribution in [0.3, 0.4) is 0 Å². The minimum atomic E-state index is -0.323. The van der Waals surface area contributed by atoms with Crippen molar-refractivity contribution >= 4 is 11.7 Å². The number of carbonyl (C=O) groups is 2. The predicted octanol–water partition coefficient (Wildman–Crippen LogP) is 2.74. The lowest BCUT2D eigenvalue weighted by atomic mass is 10.1. The summed E-state index contributed by atoms with van der Waals surface area (Å²) in [5.74, 6) is 5.28. The quantitative estimate of drug-likeness (QED) is 0.697. The van der Waals surface area contributed by atoms with E-state index in [0.717, 1.165) is 11.1 Å². The van der Waals surface area contributed by atoms with Gasteiger partial charge in [-0.25, -0.2) is 4.39 Å². The lowest BCUT2D eigenvalue weighted by Crippen LogP contribution is -2.25. The molecule has 1 amide bonds. The average Bonchev–Trinajstić information content (AvgIpc) is 2.54. The number of hydrogen-bond donors (Lipinski definition) is 1. The van der Waals surface area contributed by atoms with Crippen LogP contribution in [-0.4, -0.2) is 18.2 Å². The van der Waals surface area contributed by atoms with Gasteiger partial charge in [-0.3, -0.25) is 9.59 Å². The van der Waals surface area contributed by atoms with Gasteiger partial charge in [0.05, 0.1) is 13.0 Å². The van der Waals surface area contributed by atoms with Crippen LogP contribution in [0.15, 0.2) is 48.5 Å². The molecule has 2 rings (SSSR count). The third-order valence-corrected chi connectivity index (χ3v) is 3.18. The molecule has 0 atom stereocenters. The Labute approximate surface area is 134 Å². The van der Waals surface area contributed by atoms with Crippen LogP contribution in [-0.2, 0) is 11.2 Å². The van der Waals surface area contributed by atoms with E-state index < -0.39 is 0 Å². The minimum Gasteiger partial charge on any atom is -0.345 e. The van der Waals surface area contributed by atoms with Crippen molar-refractivity contribution in [2.45, 2.75) is 13.3 Å². The van der Waals surface area contributed by atoms with Crippen LogP contribution in [0.5, 0.6) is 0 Å². The fraction of sp³-hybridized carbons (Fsp3) is 0.158. The Hall–Kier alpha value is -2.93. The van der Waals surface area contributed by atoms with E-state index in [0.29, 0.717) is 5.56 Å². The molecule has 23 heavy (non-hydrogen) atoms. The van der Waals surface area contributed by atoms with Crippen molar-refractivity contribution in [1.82, 2.24) is 5.32 Å². The average molecular weight is 309 g/mol. The molecule has 0 radical (unpaired) electrons. The maximum Gasteiger partial charge on any atom is 0.225 e. The smallest absolute Gasteiger partial charge is 0.225 e. The monoisotopic (exact) mass is 309 g/mol. The highest BCUT2D eigenvalue weighted by atomic mass is 19.1. The summed E-state index contributed by atoms with van der Waals surface area (Å²) in [4.78, 5) is 22.9. The molecule has 0 fully saturated rings. The van der Waals surface area contributed by atoms with Crippen LogP contribution in [0, 0.1) is 17.7 Å². The molecule has 0 aliphatic heterocycles. The standard InChI is InChI=1S/C19H16FNO2/c1-14(22)17-8-4-15(5-9-17)3-2-12-21-19(23)13-16-6-10-18(20)11-7-16/h4-11H,12-13H2,1H3,(H,21,23). The first kappa shape index (κ1) is 16.4. The van der Waals surface area contributed by atoms with Crippen LogP contribution in [0.25, 0.3) is 0 Å².